The van der Waals surface area contributed by atoms with Gasteiger partial charge in [0.05, 0.1) is 17.7 Å². The summed E-state index contributed by atoms with van der Waals surface area (Å²) in [6.45, 7) is 2.49. The summed E-state index contributed by atoms with van der Waals surface area (Å²) < 4.78 is 5.21. The number of rotatable bonds is 3. The fourth-order valence-electron chi connectivity index (χ4n) is 3.14. The van der Waals surface area contributed by atoms with Gasteiger partial charge in [0, 0.05) is 19.5 Å². The first-order chi connectivity index (χ1) is 12.0. The highest BCUT2D eigenvalue weighted by atomic mass is 16.6. The van der Waals surface area contributed by atoms with E-state index in [1.807, 2.05) is 37.3 Å². The number of carbonyl (C=O) groups is 2. The van der Waals surface area contributed by atoms with Crippen LogP contribution >= 0.6 is 0 Å². The van der Waals surface area contributed by atoms with Crippen molar-refractivity contribution in [3.8, 4) is 0 Å². The molecule has 25 heavy (non-hydrogen) atoms. The van der Waals surface area contributed by atoms with Crippen LogP contribution in [0.25, 0.3) is 0 Å². The summed E-state index contributed by atoms with van der Waals surface area (Å²) in [5, 5.41) is 16.1. The van der Waals surface area contributed by atoms with Gasteiger partial charge in [-0.2, -0.15) is 0 Å². The summed E-state index contributed by atoms with van der Waals surface area (Å²) in [4.78, 5) is 30.2. The van der Waals surface area contributed by atoms with Gasteiger partial charge < -0.3 is 24.9 Å². The maximum absolute atomic E-state index is 12.1. The highest BCUT2D eigenvalue weighted by molar-refractivity contribution is 5.86. The van der Waals surface area contributed by atoms with Crippen molar-refractivity contribution in [2.24, 2.45) is 11.1 Å². The number of oxime groups is 1. The van der Waals surface area contributed by atoms with Gasteiger partial charge in [-0.05, 0) is 12.5 Å². The van der Waals surface area contributed by atoms with Crippen LogP contribution in [0.5, 0.6) is 0 Å². The molecule has 0 aromatic heterocycles. The van der Waals surface area contributed by atoms with Crippen molar-refractivity contribution < 1.29 is 24.3 Å². The van der Waals surface area contributed by atoms with Crippen molar-refractivity contribution in [2.45, 2.75) is 32.1 Å². The van der Waals surface area contributed by atoms with Crippen molar-refractivity contribution in [3.63, 3.8) is 0 Å². The molecule has 0 aliphatic carbocycles. The number of carbonyl (C=O) groups excluding carboxylic acids is 1. The molecule has 2 heterocycles. The lowest BCUT2D eigenvalue weighted by Gasteiger charge is -2.23. The van der Waals surface area contributed by atoms with Crippen molar-refractivity contribution in [1.82, 2.24) is 10.2 Å². The van der Waals surface area contributed by atoms with E-state index in [1.54, 1.807) is 0 Å². The van der Waals surface area contributed by atoms with Gasteiger partial charge in [0.1, 0.15) is 12.7 Å². The maximum Gasteiger partial charge on any atom is 0.407 e. The van der Waals surface area contributed by atoms with Crippen LogP contribution in [-0.2, 0) is 16.2 Å². The number of hydrogen-bond donors (Lipinski definition) is 2. The van der Waals surface area contributed by atoms with Gasteiger partial charge in [0.25, 0.3) is 0 Å². The third kappa shape index (κ3) is 4.20. The first kappa shape index (κ1) is 17.1. The van der Waals surface area contributed by atoms with E-state index in [0.717, 1.165) is 11.3 Å². The minimum Gasteiger partial charge on any atom is -0.465 e. The molecule has 3 atom stereocenters. The van der Waals surface area contributed by atoms with Crippen LogP contribution in [-0.4, -0.2) is 53.1 Å². The molecule has 0 bridgehead atoms. The number of fused-ring (bicyclic) bond motifs is 1. The second-order valence-corrected chi connectivity index (χ2v) is 6.31. The first-order valence-corrected chi connectivity index (χ1v) is 8.18. The van der Waals surface area contributed by atoms with Gasteiger partial charge in [-0.25, -0.2) is 9.59 Å². The van der Waals surface area contributed by atoms with Crippen molar-refractivity contribution >= 4 is 17.9 Å². The van der Waals surface area contributed by atoms with Gasteiger partial charge >= 0.3 is 12.2 Å². The minimum atomic E-state index is -1.02. The fourth-order valence-corrected chi connectivity index (χ4v) is 3.14. The summed E-state index contributed by atoms with van der Waals surface area (Å²) in [5.41, 5.74) is 1.66. The molecule has 0 radical (unpaired) electrons. The molecule has 2 unspecified atom stereocenters. The normalized spacial score (nSPS) is 25.2. The van der Waals surface area contributed by atoms with E-state index in [1.165, 1.54) is 4.90 Å². The summed E-state index contributed by atoms with van der Waals surface area (Å²) >= 11 is 0. The Morgan fingerprint density at radius 3 is 2.84 bits per heavy atom. The molecule has 1 aromatic rings. The Morgan fingerprint density at radius 1 is 1.36 bits per heavy atom. The summed E-state index contributed by atoms with van der Waals surface area (Å²) in [6.07, 6.45) is -1.35. The molecule has 2 aliphatic rings. The van der Waals surface area contributed by atoms with Crippen LogP contribution in [0.2, 0.25) is 0 Å². The minimum absolute atomic E-state index is 0.0803. The molecule has 1 fully saturated rings. The van der Waals surface area contributed by atoms with Crippen molar-refractivity contribution in [2.75, 3.05) is 13.1 Å². The molecular weight excluding hydrogens is 326 g/mol. The van der Waals surface area contributed by atoms with Crippen LogP contribution in [0, 0.1) is 5.92 Å². The average molecular weight is 347 g/mol. The second kappa shape index (κ2) is 7.42. The third-order valence-corrected chi connectivity index (χ3v) is 4.50. The molecule has 1 aromatic carbocycles. The van der Waals surface area contributed by atoms with Crippen LogP contribution in [0.3, 0.4) is 0 Å². The van der Waals surface area contributed by atoms with Crippen LogP contribution < -0.4 is 5.32 Å². The number of benzene rings is 1. The molecule has 0 spiro atoms. The molecule has 1 saturated heterocycles. The standard InChI is InChI=1S/C17H21N3O5/c1-11-14-9-20(17(22)23)8-13(7-15(14)25-19-11)18-16(21)24-10-12-5-3-2-4-6-12/h2-6,13-15H,7-10H2,1H3,(H,18,21)(H,22,23)/t13-,14?,15?/m0/s1. The highest BCUT2D eigenvalue weighted by Gasteiger charge is 2.40. The zero-order chi connectivity index (χ0) is 17.8. The third-order valence-electron chi connectivity index (χ3n) is 4.50. The molecule has 2 aliphatic heterocycles. The first-order valence-electron chi connectivity index (χ1n) is 8.18. The number of nitrogens with zero attached hydrogens (tertiary/aromatic N) is 2. The molecule has 8 heteroatoms. The van der Waals surface area contributed by atoms with E-state index in [0.29, 0.717) is 13.0 Å². The Hall–Kier alpha value is -2.77. The van der Waals surface area contributed by atoms with E-state index in [2.05, 4.69) is 10.5 Å². The van der Waals surface area contributed by atoms with Crippen LogP contribution in [0.4, 0.5) is 9.59 Å². The Balaban J connectivity index is 1.59. The number of ether oxygens (including phenoxy) is 1. The lowest BCUT2D eigenvalue weighted by Crippen LogP contribution is -2.45. The van der Waals surface area contributed by atoms with E-state index in [-0.39, 0.29) is 25.2 Å². The van der Waals surface area contributed by atoms with Gasteiger partial charge in [-0.15, -0.1) is 0 Å². The Labute approximate surface area is 145 Å². The van der Waals surface area contributed by atoms with E-state index in [9.17, 15) is 14.7 Å². The van der Waals surface area contributed by atoms with E-state index < -0.39 is 18.2 Å². The molecular formula is C17H21N3O5. The fraction of sp³-hybridized carbons (Fsp3) is 0.471. The lowest BCUT2D eigenvalue weighted by atomic mass is 9.95. The van der Waals surface area contributed by atoms with Crippen molar-refractivity contribution in [3.05, 3.63) is 35.9 Å². The molecule has 134 valence electrons. The van der Waals surface area contributed by atoms with E-state index in [4.69, 9.17) is 9.57 Å². The number of alkyl carbamates (subject to hydrolysis) is 1. The Morgan fingerprint density at radius 2 is 2.12 bits per heavy atom. The molecule has 0 saturated carbocycles. The van der Waals surface area contributed by atoms with Gasteiger partial charge in [-0.1, -0.05) is 35.5 Å². The number of amides is 2. The predicted octanol–water partition coefficient (Wildman–Crippen LogP) is 2.06. The zero-order valence-electron chi connectivity index (χ0n) is 13.9. The number of hydrogen-bond acceptors (Lipinski definition) is 5. The molecule has 2 amide bonds. The Bertz CT molecular complexity index is 664. The molecule has 2 N–H and O–H groups in total. The average Bonchev–Trinajstić information content (AvgIpc) is 2.82. The largest absolute Gasteiger partial charge is 0.465 e. The predicted molar refractivity (Wildman–Crippen MR) is 89.2 cm³/mol. The quantitative estimate of drug-likeness (QED) is 0.872. The molecule has 8 nitrogen and oxygen atoms in total. The van der Waals surface area contributed by atoms with E-state index >= 15 is 0 Å². The number of likely N-dealkylation sites (tertiary alicyclic amines) is 1. The SMILES string of the molecule is CC1=NOC2C[C@H](NC(=O)OCc3ccccc3)CN(C(=O)O)CC12. The molecule has 3 rings (SSSR count). The monoisotopic (exact) mass is 347 g/mol. The summed E-state index contributed by atoms with van der Waals surface area (Å²) in [5.74, 6) is -0.0803. The smallest absolute Gasteiger partial charge is 0.407 e. The summed E-state index contributed by atoms with van der Waals surface area (Å²) in [6, 6.07) is 8.96. The topological polar surface area (TPSA) is 100 Å². The van der Waals surface area contributed by atoms with Gasteiger partial charge in [-0.3, -0.25) is 0 Å². The maximum atomic E-state index is 12.1. The van der Waals surface area contributed by atoms with Gasteiger partial charge in [0.15, 0.2) is 0 Å². The number of carboxylic acid groups (broad SMARTS) is 1. The zero-order valence-corrected chi connectivity index (χ0v) is 13.9. The van der Waals surface area contributed by atoms with Gasteiger partial charge in [0.2, 0.25) is 0 Å². The highest BCUT2D eigenvalue weighted by Crippen LogP contribution is 2.27. The number of nitrogens with one attached hydrogen (secondary N) is 1. The van der Waals surface area contributed by atoms with Crippen molar-refractivity contribution in [1.29, 1.82) is 0 Å². The van der Waals surface area contributed by atoms with Crippen LogP contribution in [0.1, 0.15) is 18.9 Å². The second-order valence-electron chi connectivity index (χ2n) is 6.31. The van der Waals surface area contributed by atoms with Crippen LogP contribution in [0.15, 0.2) is 35.5 Å². The summed E-state index contributed by atoms with van der Waals surface area (Å²) in [7, 11) is 0. The Kier molecular flexibility index (Phi) is 5.06. The lowest BCUT2D eigenvalue weighted by molar-refractivity contribution is 0.0523.